The van der Waals surface area contributed by atoms with Gasteiger partial charge in [-0.25, -0.2) is 0 Å². The lowest BCUT2D eigenvalue weighted by atomic mass is 9.92. The van der Waals surface area contributed by atoms with Crippen molar-refractivity contribution in [2.24, 2.45) is 5.41 Å². The third kappa shape index (κ3) is 32.4. The zero-order chi connectivity index (χ0) is 51.2. The summed E-state index contributed by atoms with van der Waals surface area (Å²) in [5, 5.41) is 15.8. The predicted molar refractivity (Wildman–Crippen MR) is 296 cm³/mol. The van der Waals surface area contributed by atoms with E-state index in [0.717, 1.165) is 51.2 Å². The monoisotopic (exact) mass is 1110 g/mol. The van der Waals surface area contributed by atoms with Gasteiger partial charge in [0.1, 0.15) is 0 Å². The number of carbonyl (C=O) groups is 12. The van der Waals surface area contributed by atoms with Crippen LogP contribution in [0.15, 0.2) is 36.5 Å². The summed E-state index contributed by atoms with van der Waals surface area (Å²) in [4.78, 5) is 147. The van der Waals surface area contributed by atoms with Crippen molar-refractivity contribution in [1.29, 1.82) is 0 Å². The maximum atomic E-state index is 12.6. The summed E-state index contributed by atoms with van der Waals surface area (Å²) in [6.07, 6.45) is 12.0. The molecule has 0 radical (unpaired) electrons. The Kier molecular flexibility index (Phi) is 48.5. The number of terminal acetylenes is 1. The summed E-state index contributed by atoms with van der Waals surface area (Å²) in [6, 6.07) is 0. The molecule has 0 fully saturated rings. The van der Waals surface area contributed by atoms with Gasteiger partial charge in [-0.1, -0.05) is 59.4 Å². The third-order valence-corrected chi connectivity index (χ3v) is 10.1. The number of imide groups is 3. The van der Waals surface area contributed by atoms with Crippen LogP contribution >= 0.6 is 0 Å². The van der Waals surface area contributed by atoms with Crippen LogP contribution in [0.25, 0.3) is 0 Å². The van der Waals surface area contributed by atoms with E-state index in [1.54, 1.807) is 0 Å². The molecule has 3 aliphatic heterocycles. The van der Waals surface area contributed by atoms with Crippen LogP contribution < -0.4 is 31.9 Å². The number of amides is 12. The van der Waals surface area contributed by atoms with Gasteiger partial charge in [0.25, 0.3) is 35.4 Å². The van der Waals surface area contributed by atoms with Gasteiger partial charge in [0, 0.05) is 140 Å². The first-order chi connectivity index (χ1) is 33.6. The summed E-state index contributed by atoms with van der Waals surface area (Å²) in [5.41, 5.74) is -1.03. The van der Waals surface area contributed by atoms with Gasteiger partial charge in [-0.2, -0.15) is 0 Å². The van der Waals surface area contributed by atoms with E-state index in [1.807, 2.05) is 0 Å². The second-order valence-electron chi connectivity index (χ2n) is 15.7. The van der Waals surface area contributed by atoms with E-state index in [4.69, 9.17) is 25.4 Å². The van der Waals surface area contributed by atoms with Gasteiger partial charge in [0.2, 0.25) is 35.4 Å². The number of hydrogen-bond acceptors (Lipinski definition) is 16. The number of rotatable bonds is 37. The zero-order valence-corrected chi connectivity index (χ0v) is 38.9. The molecule has 6 N–H and O–H groups in total. The smallest absolute Gasteiger partial charge is 0.253 e. The van der Waals surface area contributed by atoms with Crippen molar-refractivity contribution in [2.75, 3.05) is 112 Å². The Bertz CT molecular complexity index is 1790. The van der Waals surface area contributed by atoms with Gasteiger partial charge in [-0.05, 0) is 0 Å². The molecule has 3 heterocycles. The van der Waals surface area contributed by atoms with Crippen LogP contribution in [0.5, 0.6) is 0 Å². The number of nitrogens with zero attached hydrogens (tertiary/aromatic N) is 3. The van der Waals surface area contributed by atoms with Gasteiger partial charge in [0.05, 0.1) is 58.3 Å². The molecule has 0 bridgehead atoms. The van der Waals surface area contributed by atoms with Gasteiger partial charge in [-0.15, -0.1) is 12.3 Å². The zero-order valence-electron chi connectivity index (χ0n) is 38.9. The van der Waals surface area contributed by atoms with Crippen molar-refractivity contribution >= 4 is 70.9 Å². The molecule has 12 amide bonds. The van der Waals surface area contributed by atoms with E-state index in [1.165, 1.54) is 0 Å². The maximum Gasteiger partial charge on any atom is 0.253 e. The topological polar surface area (TPSA) is 324 Å². The SMILES string of the molecule is C.C.C.C.C.C.C.C.C#CCCOCC(COCCC(=O)NCCNC(=O)CCN1C(=O)C=CC1=O)(COCCC(=O)NCCNC(=O)CCN1C(=O)C=CC1=O)COCCC(=O)NCCNC(=O)CCN1C(=O)C=CC1=O. The van der Waals surface area contributed by atoms with Gasteiger partial charge in [-0.3, -0.25) is 72.2 Å². The highest BCUT2D eigenvalue weighted by Gasteiger charge is 2.33. The Morgan fingerprint density at radius 1 is 0.372 bits per heavy atom. The summed E-state index contributed by atoms with van der Waals surface area (Å²) in [6.45, 7) is 0.205. The summed E-state index contributed by atoms with van der Waals surface area (Å²) < 4.78 is 23.6. The molecule has 0 aliphatic carbocycles. The minimum Gasteiger partial charge on any atom is -0.380 e. The fourth-order valence-electron chi connectivity index (χ4n) is 6.37. The molecule has 0 atom stereocenters. The molecule has 3 aliphatic rings. The van der Waals surface area contributed by atoms with Crippen molar-refractivity contribution in [3.05, 3.63) is 36.5 Å². The Morgan fingerprint density at radius 2 is 0.577 bits per heavy atom. The highest BCUT2D eigenvalue weighted by molar-refractivity contribution is 6.14. The molecule has 0 aromatic heterocycles. The number of carbonyl (C=O) groups excluding carboxylic acids is 12. The molecule has 0 spiro atoms. The van der Waals surface area contributed by atoms with Crippen LogP contribution in [0.1, 0.15) is 104 Å². The van der Waals surface area contributed by atoms with E-state index in [0.29, 0.717) is 6.42 Å². The lowest BCUT2D eigenvalue weighted by molar-refractivity contribution is -0.139. The summed E-state index contributed by atoms with van der Waals surface area (Å²) >= 11 is 0. The fourth-order valence-corrected chi connectivity index (χ4v) is 6.37. The fraction of sp³-hybridized carbons (Fsp3) is 0.623. The molecule has 25 heteroatoms. The van der Waals surface area contributed by atoms with E-state index in [-0.39, 0.29) is 227 Å². The molecule has 0 saturated heterocycles. The standard InChI is InChI=1S/C45H61N9O16.8CH4/c1-2-3-25-67-29-45(30-68-26-13-36(58)49-19-16-46-33(55)10-22-52-39(61)4-5-40(52)62,31-69-27-14-37(59)50-20-17-47-34(56)11-23-53-41(63)6-7-42(53)64)32-70-28-15-38(60)51-21-18-48-35(57)12-24-54-43(65)8-9-44(54)66;;;;;;;;/h1,4-9H,3,10-32H2,(H,46,55)(H,47,56)(H,48,57)(H,49,58)(H,50,59)(H,51,60);8*1H4. The largest absolute Gasteiger partial charge is 0.380 e. The molecule has 446 valence electrons. The van der Waals surface area contributed by atoms with Crippen LogP contribution in [0.3, 0.4) is 0 Å². The van der Waals surface area contributed by atoms with E-state index >= 15 is 0 Å². The Labute approximate surface area is 463 Å². The second-order valence-corrected chi connectivity index (χ2v) is 15.7. The molecular formula is C53H93N9O16. The normalized spacial score (nSPS) is 12.7. The van der Waals surface area contributed by atoms with E-state index < -0.39 is 58.6 Å². The van der Waals surface area contributed by atoms with Crippen LogP contribution in [0.4, 0.5) is 0 Å². The number of ether oxygens (including phenoxy) is 4. The second kappa shape index (κ2) is 46.0. The average molecular weight is 1110 g/mol. The third-order valence-electron chi connectivity index (χ3n) is 10.1. The summed E-state index contributed by atoms with van der Waals surface area (Å²) in [5.74, 6) is -2.84. The van der Waals surface area contributed by atoms with Gasteiger partial charge < -0.3 is 50.8 Å². The van der Waals surface area contributed by atoms with Crippen molar-refractivity contribution in [2.45, 2.75) is 104 Å². The lowest BCUT2D eigenvalue weighted by Crippen LogP contribution is -2.43. The van der Waals surface area contributed by atoms with Crippen LogP contribution in [-0.2, 0) is 76.5 Å². The van der Waals surface area contributed by atoms with E-state index in [9.17, 15) is 57.5 Å². The Morgan fingerprint density at radius 3 is 0.795 bits per heavy atom. The molecular weight excluding hydrogens is 1020 g/mol. The van der Waals surface area contributed by atoms with E-state index in [2.05, 4.69) is 37.8 Å². The van der Waals surface area contributed by atoms with Crippen LogP contribution in [-0.4, -0.2) is 197 Å². The average Bonchev–Trinajstić information content (AvgIpc) is 3.96. The predicted octanol–water partition coefficient (Wildman–Crippen LogP) is 0.964. The van der Waals surface area contributed by atoms with Crippen LogP contribution in [0.2, 0.25) is 0 Å². The van der Waals surface area contributed by atoms with Crippen molar-refractivity contribution < 1.29 is 76.5 Å². The Hall–Kier alpha value is -7.14. The number of nitrogens with one attached hydrogen (secondary N) is 6. The number of hydrogen-bond donors (Lipinski definition) is 6. The maximum absolute atomic E-state index is 12.6. The van der Waals surface area contributed by atoms with Crippen molar-refractivity contribution in [3.63, 3.8) is 0 Å². The summed E-state index contributed by atoms with van der Waals surface area (Å²) in [7, 11) is 0. The quantitative estimate of drug-likeness (QED) is 0.0287. The lowest BCUT2D eigenvalue weighted by Gasteiger charge is -2.33. The van der Waals surface area contributed by atoms with Crippen LogP contribution in [0, 0.1) is 17.8 Å². The first kappa shape index (κ1) is 82.2. The van der Waals surface area contributed by atoms with Crippen molar-refractivity contribution in [1.82, 2.24) is 46.6 Å². The molecule has 0 saturated carbocycles. The first-order valence-electron chi connectivity index (χ1n) is 22.6. The molecule has 78 heavy (non-hydrogen) atoms. The highest BCUT2D eigenvalue weighted by Crippen LogP contribution is 2.22. The first-order valence-corrected chi connectivity index (χ1v) is 22.6. The molecule has 0 aromatic carbocycles. The molecule has 25 nitrogen and oxygen atoms in total. The molecule has 3 rings (SSSR count). The highest BCUT2D eigenvalue weighted by atomic mass is 16.5. The van der Waals surface area contributed by atoms with Crippen molar-refractivity contribution in [3.8, 4) is 12.3 Å². The Balaban J connectivity index is -0.00000162. The molecule has 0 aromatic rings. The molecule has 0 unspecified atom stereocenters. The van der Waals surface area contributed by atoms with Gasteiger partial charge in [0.15, 0.2) is 0 Å². The minimum absolute atomic E-state index is 0. The van der Waals surface area contributed by atoms with Gasteiger partial charge >= 0.3 is 0 Å². The minimum atomic E-state index is -1.03.